The second-order valence-corrected chi connectivity index (χ2v) is 6.62. The van der Waals surface area contributed by atoms with Crippen molar-refractivity contribution in [1.29, 1.82) is 0 Å². The van der Waals surface area contributed by atoms with E-state index in [1.165, 1.54) is 52.0 Å². The second kappa shape index (κ2) is 6.36. The van der Waals surface area contributed by atoms with E-state index in [4.69, 9.17) is 4.74 Å². The molecule has 0 aromatic carbocycles. The van der Waals surface area contributed by atoms with Crippen LogP contribution in [0.3, 0.4) is 0 Å². The minimum absolute atomic E-state index is 0.405. The average molecular weight is 254 g/mol. The van der Waals surface area contributed by atoms with Crippen LogP contribution in [0.25, 0.3) is 0 Å². The van der Waals surface area contributed by atoms with Crippen LogP contribution in [0.4, 0.5) is 0 Å². The molecule has 0 bridgehead atoms. The van der Waals surface area contributed by atoms with Gasteiger partial charge in [0.1, 0.15) is 0 Å². The molecule has 0 aliphatic carbocycles. The van der Waals surface area contributed by atoms with Crippen molar-refractivity contribution in [1.82, 2.24) is 9.80 Å². The van der Waals surface area contributed by atoms with Crippen molar-refractivity contribution < 1.29 is 4.74 Å². The molecule has 0 aromatic heterocycles. The molecule has 2 aliphatic rings. The first kappa shape index (κ1) is 14.3. The Kier molecular flexibility index (Phi) is 5.05. The van der Waals surface area contributed by atoms with E-state index in [1.54, 1.807) is 0 Å². The van der Waals surface area contributed by atoms with Crippen molar-refractivity contribution in [2.24, 2.45) is 5.92 Å². The zero-order chi connectivity index (χ0) is 13.0. The Morgan fingerprint density at radius 1 is 1.06 bits per heavy atom. The van der Waals surface area contributed by atoms with E-state index in [0.717, 1.165) is 19.1 Å². The van der Waals surface area contributed by atoms with E-state index in [2.05, 4.69) is 30.6 Å². The molecule has 2 aliphatic heterocycles. The summed E-state index contributed by atoms with van der Waals surface area (Å²) < 4.78 is 5.50. The Labute approximate surface area is 112 Å². The summed E-state index contributed by atoms with van der Waals surface area (Å²) in [4.78, 5) is 5.35. The molecule has 3 nitrogen and oxygen atoms in total. The third kappa shape index (κ3) is 3.69. The molecule has 0 radical (unpaired) electrons. The monoisotopic (exact) mass is 254 g/mol. The number of rotatable bonds is 4. The van der Waals surface area contributed by atoms with Crippen LogP contribution in [-0.4, -0.2) is 61.3 Å². The Bertz CT molecular complexity index is 241. The minimum atomic E-state index is 0.405. The molecule has 0 N–H and O–H groups in total. The molecule has 106 valence electrons. The number of ether oxygens (including phenoxy) is 1. The van der Waals surface area contributed by atoms with E-state index in [0.29, 0.717) is 5.54 Å². The summed E-state index contributed by atoms with van der Waals surface area (Å²) in [6.07, 6.45) is 3.75. The molecular weight excluding hydrogens is 224 g/mol. The number of piperazine rings is 1. The molecule has 2 heterocycles. The predicted molar refractivity (Wildman–Crippen MR) is 75.9 cm³/mol. The molecule has 0 atom stereocenters. The van der Waals surface area contributed by atoms with Crippen molar-refractivity contribution in [2.75, 3.05) is 45.9 Å². The van der Waals surface area contributed by atoms with Crippen molar-refractivity contribution in [2.45, 2.75) is 45.6 Å². The summed E-state index contributed by atoms with van der Waals surface area (Å²) in [7, 11) is 0. The number of hydrogen-bond acceptors (Lipinski definition) is 3. The lowest BCUT2D eigenvalue weighted by Gasteiger charge is -2.47. The Hall–Kier alpha value is -0.120. The van der Waals surface area contributed by atoms with Gasteiger partial charge in [-0.25, -0.2) is 0 Å². The van der Waals surface area contributed by atoms with Crippen LogP contribution >= 0.6 is 0 Å². The highest BCUT2D eigenvalue weighted by molar-refractivity contribution is 4.90. The third-order valence-electron chi connectivity index (χ3n) is 4.73. The SMILES string of the molecule is CC(C)CCN1CCN(C2(C)CCOCC2)CC1. The zero-order valence-corrected chi connectivity index (χ0v) is 12.5. The Morgan fingerprint density at radius 2 is 1.67 bits per heavy atom. The number of nitrogens with zero attached hydrogens (tertiary/aromatic N) is 2. The molecule has 0 amide bonds. The summed E-state index contributed by atoms with van der Waals surface area (Å²) >= 11 is 0. The van der Waals surface area contributed by atoms with Gasteiger partial charge < -0.3 is 9.64 Å². The van der Waals surface area contributed by atoms with Crippen LogP contribution in [0.1, 0.15) is 40.0 Å². The molecule has 2 fully saturated rings. The average Bonchev–Trinajstić information content (AvgIpc) is 2.38. The van der Waals surface area contributed by atoms with Gasteiger partial charge in [0, 0.05) is 44.9 Å². The first-order valence-electron chi connectivity index (χ1n) is 7.65. The first-order chi connectivity index (χ1) is 8.60. The van der Waals surface area contributed by atoms with Gasteiger partial charge in [0.15, 0.2) is 0 Å². The van der Waals surface area contributed by atoms with Gasteiger partial charge >= 0.3 is 0 Å². The highest BCUT2D eigenvalue weighted by Crippen LogP contribution is 2.28. The van der Waals surface area contributed by atoms with Crippen molar-refractivity contribution >= 4 is 0 Å². The van der Waals surface area contributed by atoms with E-state index >= 15 is 0 Å². The fourth-order valence-electron chi connectivity index (χ4n) is 3.08. The number of hydrogen-bond donors (Lipinski definition) is 0. The summed E-state index contributed by atoms with van der Waals surface area (Å²) in [5.41, 5.74) is 0.405. The maximum Gasteiger partial charge on any atom is 0.0483 e. The maximum atomic E-state index is 5.50. The molecule has 0 spiro atoms. The van der Waals surface area contributed by atoms with Crippen LogP contribution in [-0.2, 0) is 4.74 Å². The largest absolute Gasteiger partial charge is 0.381 e. The highest BCUT2D eigenvalue weighted by atomic mass is 16.5. The van der Waals surface area contributed by atoms with E-state index in [9.17, 15) is 0 Å². The molecule has 0 unspecified atom stereocenters. The van der Waals surface area contributed by atoms with Crippen molar-refractivity contribution in [3.05, 3.63) is 0 Å². The smallest absolute Gasteiger partial charge is 0.0483 e. The zero-order valence-electron chi connectivity index (χ0n) is 12.5. The van der Waals surface area contributed by atoms with Gasteiger partial charge in [0.2, 0.25) is 0 Å². The lowest BCUT2D eigenvalue weighted by molar-refractivity contribution is -0.0379. The second-order valence-electron chi connectivity index (χ2n) is 6.62. The molecule has 0 aromatic rings. The molecule has 2 saturated heterocycles. The van der Waals surface area contributed by atoms with E-state index in [1.807, 2.05) is 0 Å². The standard InChI is InChI=1S/C15H30N2O/c1-14(2)4-7-16-8-10-17(11-9-16)15(3)5-12-18-13-6-15/h14H,4-13H2,1-3H3. The highest BCUT2D eigenvalue weighted by Gasteiger charge is 2.35. The lowest BCUT2D eigenvalue weighted by atomic mass is 9.89. The van der Waals surface area contributed by atoms with Gasteiger partial charge in [0.05, 0.1) is 0 Å². The van der Waals surface area contributed by atoms with Crippen LogP contribution in [0.15, 0.2) is 0 Å². The summed E-state index contributed by atoms with van der Waals surface area (Å²) in [5.74, 6) is 0.830. The quantitative estimate of drug-likeness (QED) is 0.765. The summed E-state index contributed by atoms with van der Waals surface area (Å²) in [6.45, 7) is 15.2. The van der Waals surface area contributed by atoms with Crippen molar-refractivity contribution in [3.8, 4) is 0 Å². The predicted octanol–water partition coefficient (Wildman–Crippen LogP) is 2.22. The summed E-state index contributed by atoms with van der Waals surface area (Å²) in [6, 6.07) is 0. The minimum Gasteiger partial charge on any atom is -0.381 e. The van der Waals surface area contributed by atoms with E-state index < -0.39 is 0 Å². The van der Waals surface area contributed by atoms with Gasteiger partial charge in [0.25, 0.3) is 0 Å². The Balaban J connectivity index is 1.75. The summed E-state index contributed by atoms with van der Waals surface area (Å²) in [5, 5.41) is 0. The van der Waals surface area contributed by atoms with E-state index in [-0.39, 0.29) is 0 Å². The molecule has 18 heavy (non-hydrogen) atoms. The van der Waals surface area contributed by atoms with Crippen LogP contribution < -0.4 is 0 Å². The van der Waals surface area contributed by atoms with Crippen molar-refractivity contribution in [3.63, 3.8) is 0 Å². The lowest BCUT2D eigenvalue weighted by Crippen LogP contribution is -2.57. The topological polar surface area (TPSA) is 15.7 Å². The van der Waals surface area contributed by atoms with Gasteiger partial charge in [-0.05, 0) is 38.6 Å². The van der Waals surface area contributed by atoms with Gasteiger partial charge in [-0.1, -0.05) is 13.8 Å². The fourth-order valence-corrected chi connectivity index (χ4v) is 3.08. The molecule has 3 heteroatoms. The van der Waals surface area contributed by atoms with Crippen LogP contribution in [0, 0.1) is 5.92 Å². The fraction of sp³-hybridized carbons (Fsp3) is 1.00. The normalized spacial score (nSPS) is 26.7. The third-order valence-corrected chi connectivity index (χ3v) is 4.73. The first-order valence-corrected chi connectivity index (χ1v) is 7.65. The van der Waals surface area contributed by atoms with Crippen LogP contribution in [0.2, 0.25) is 0 Å². The molecular formula is C15H30N2O. The van der Waals surface area contributed by atoms with Crippen LogP contribution in [0.5, 0.6) is 0 Å². The molecule has 0 saturated carbocycles. The Morgan fingerprint density at radius 3 is 2.22 bits per heavy atom. The van der Waals surface area contributed by atoms with Gasteiger partial charge in [-0.15, -0.1) is 0 Å². The maximum absolute atomic E-state index is 5.50. The molecule has 2 rings (SSSR count). The van der Waals surface area contributed by atoms with Gasteiger partial charge in [-0.2, -0.15) is 0 Å². The van der Waals surface area contributed by atoms with Gasteiger partial charge in [-0.3, -0.25) is 4.90 Å².